The molecule has 0 amide bonds. The maximum Gasteiger partial charge on any atom is 0.0774 e. The number of hydrogen-bond donors (Lipinski definition) is 0. The van der Waals surface area contributed by atoms with E-state index in [9.17, 15) is 0 Å². The molecule has 56 heavy (non-hydrogen) atoms. The second kappa shape index (κ2) is 16.7. The summed E-state index contributed by atoms with van der Waals surface area (Å²) in [5.41, 5.74) is 13.3. The maximum absolute atomic E-state index is 6.03. The number of aromatic nitrogens is 4. The minimum atomic E-state index is 0. The monoisotopic (exact) mass is 899 g/mol. The van der Waals surface area contributed by atoms with Crippen molar-refractivity contribution < 1.29 is 24.5 Å². The molecule has 0 fully saturated rings. The standard InChI is InChI=1S/C39H26N3O.C11H8N.Ir/c1-3-12-28(13-4-1)31-17-11-18-32(29-14-5-2-6-15-29)38(31)42-36-20-8-7-19-35(36)41-39(42)34-26-43-37-22-21-27(25-33(34)37)24-30-16-9-10-23-40-30;1-2-6-10(7-3-1)11-8-4-5-9-12-11;/h1-23,25H,24H2;1-6,8-9H;/q2*-1;. The molecule has 4 aromatic heterocycles. The fourth-order valence-electron chi connectivity index (χ4n) is 6.99. The molecule has 0 aliphatic heterocycles. The van der Waals surface area contributed by atoms with Gasteiger partial charge in [-0.2, -0.15) is 0 Å². The molecule has 0 unspecified atom stereocenters. The second-order valence-electron chi connectivity index (χ2n) is 13.1. The van der Waals surface area contributed by atoms with Crippen LogP contribution in [0.1, 0.15) is 11.3 Å². The Balaban J connectivity index is 0.000000290. The SMILES string of the molecule is [Ir].[c-]1ccccc1-c1ccccn1.[c-]1oc2ccc(Cc3ccccn3)cc2c1-c1nc2ccccc2n1-c1c(-c2ccccc2)cccc1-c1ccccc1. The van der Waals surface area contributed by atoms with Crippen LogP contribution in [0.15, 0.2) is 199 Å². The van der Waals surface area contributed by atoms with Crippen molar-refractivity contribution >= 4 is 22.0 Å². The molecule has 0 N–H and O–H groups in total. The van der Waals surface area contributed by atoms with Crippen molar-refractivity contribution in [2.75, 3.05) is 0 Å². The van der Waals surface area contributed by atoms with E-state index < -0.39 is 0 Å². The van der Waals surface area contributed by atoms with Crippen LogP contribution in [0.4, 0.5) is 0 Å². The van der Waals surface area contributed by atoms with Crippen LogP contribution in [0.2, 0.25) is 0 Å². The topological polar surface area (TPSA) is 56.7 Å². The molecule has 6 aromatic carbocycles. The fraction of sp³-hybridized carbons (Fsp3) is 0.0200. The van der Waals surface area contributed by atoms with Gasteiger partial charge in [0.15, 0.2) is 0 Å². The van der Waals surface area contributed by atoms with Gasteiger partial charge in [-0.3, -0.25) is 9.97 Å². The molecule has 0 aliphatic rings. The Morgan fingerprint density at radius 3 is 1.95 bits per heavy atom. The number of rotatable bonds is 7. The average Bonchev–Trinajstić information content (AvgIpc) is 3.86. The molecule has 271 valence electrons. The van der Waals surface area contributed by atoms with Crippen molar-refractivity contribution in [1.29, 1.82) is 0 Å². The van der Waals surface area contributed by atoms with E-state index in [2.05, 4.69) is 142 Å². The largest absolute Gasteiger partial charge is 0.557 e. The minimum Gasteiger partial charge on any atom is -0.557 e. The first kappa shape index (κ1) is 36.3. The molecule has 0 saturated carbocycles. The molecule has 0 saturated heterocycles. The van der Waals surface area contributed by atoms with Crippen molar-refractivity contribution in [3.05, 3.63) is 218 Å². The summed E-state index contributed by atoms with van der Waals surface area (Å²) in [7, 11) is 0. The molecule has 10 aromatic rings. The van der Waals surface area contributed by atoms with Gasteiger partial charge in [-0.1, -0.05) is 144 Å². The smallest absolute Gasteiger partial charge is 0.0774 e. The normalized spacial score (nSPS) is 10.8. The first-order valence-corrected chi connectivity index (χ1v) is 18.2. The average molecular weight is 899 g/mol. The first-order chi connectivity index (χ1) is 27.3. The van der Waals surface area contributed by atoms with Gasteiger partial charge in [0, 0.05) is 67.6 Å². The first-order valence-electron chi connectivity index (χ1n) is 18.2. The number of nitrogens with zero attached hydrogens (tertiary/aromatic N) is 4. The number of fused-ring (bicyclic) bond motifs is 2. The van der Waals surface area contributed by atoms with E-state index >= 15 is 0 Å². The number of furan rings is 1. The molecule has 10 rings (SSSR count). The van der Waals surface area contributed by atoms with Crippen LogP contribution >= 0.6 is 0 Å². The summed E-state index contributed by atoms with van der Waals surface area (Å²) in [6.07, 6.45) is 7.59. The van der Waals surface area contributed by atoms with Crippen LogP contribution in [0.3, 0.4) is 0 Å². The molecule has 0 atom stereocenters. The molecular weight excluding hydrogens is 865 g/mol. The van der Waals surface area contributed by atoms with Gasteiger partial charge in [0.25, 0.3) is 0 Å². The zero-order valence-electron chi connectivity index (χ0n) is 30.2. The quantitative estimate of drug-likeness (QED) is 0.150. The summed E-state index contributed by atoms with van der Waals surface area (Å²) >= 11 is 0. The third-order valence-electron chi connectivity index (χ3n) is 9.55. The molecule has 0 bridgehead atoms. The molecule has 0 aliphatic carbocycles. The predicted molar refractivity (Wildman–Crippen MR) is 222 cm³/mol. The maximum atomic E-state index is 6.03. The minimum absolute atomic E-state index is 0. The van der Waals surface area contributed by atoms with Gasteiger partial charge >= 0.3 is 0 Å². The van der Waals surface area contributed by atoms with E-state index in [0.29, 0.717) is 0 Å². The Hall–Kier alpha value is -6.72. The van der Waals surface area contributed by atoms with Crippen molar-refractivity contribution in [2.45, 2.75) is 6.42 Å². The summed E-state index contributed by atoms with van der Waals surface area (Å²) in [6.45, 7) is 0. The fourth-order valence-corrected chi connectivity index (χ4v) is 6.99. The van der Waals surface area contributed by atoms with Crippen molar-refractivity contribution in [2.24, 2.45) is 0 Å². The zero-order valence-corrected chi connectivity index (χ0v) is 32.6. The molecule has 4 heterocycles. The Kier molecular flexibility index (Phi) is 10.8. The van der Waals surface area contributed by atoms with Gasteiger partial charge in [-0.25, -0.2) is 0 Å². The van der Waals surface area contributed by atoms with E-state index in [1.807, 2.05) is 72.9 Å². The van der Waals surface area contributed by atoms with E-state index in [1.165, 1.54) is 0 Å². The number of benzene rings is 6. The summed E-state index contributed by atoms with van der Waals surface area (Å²) in [5, 5.41) is 0.975. The number of imidazole rings is 1. The van der Waals surface area contributed by atoms with Crippen molar-refractivity contribution in [1.82, 2.24) is 19.5 Å². The Morgan fingerprint density at radius 1 is 0.589 bits per heavy atom. The zero-order chi connectivity index (χ0) is 36.8. The Labute approximate surface area is 339 Å². The molecule has 6 heteroatoms. The summed E-state index contributed by atoms with van der Waals surface area (Å²) < 4.78 is 8.32. The van der Waals surface area contributed by atoms with E-state index in [1.54, 1.807) is 6.20 Å². The van der Waals surface area contributed by atoms with E-state index in [4.69, 9.17) is 9.40 Å². The third kappa shape index (κ3) is 7.49. The van der Waals surface area contributed by atoms with Gasteiger partial charge < -0.3 is 14.0 Å². The van der Waals surface area contributed by atoms with Crippen molar-refractivity contribution in [3.8, 4) is 50.6 Å². The van der Waals surface area contributed by atoms with Crippen LogP contribution < -0.4 is 0 Å². The van der Waals surface area contributed by atoms with Crippen LogP contribution in [0.5, 0.6) is 0 Å². The van der Waals surface area contributed by atoms with Crippen LogP contribution in [-0.4, -0.2) is 19.5 Å². The van der Waals surface area contributed by atoms with Gasteiger partial charge in [0.2, 0.25) is 0 Å². The molecule has 0 spiro atoms. The second-order valence-corrected chi connectivity index (χ2v) is 13.1. The Morgan fingerprint density at radius 2 is 1.27 bits per heavy atom. The third-order valence-corrected chi connectivity index (χ3v) is 9.55. The van der Waals surface area contributed by atoms with Crippen molar-refractivity contribution in [3.63, 3.8) is 0 Å². The van der Waals surface area contributed by atoms with Gasteiger partial charge in [0.1, 0.15) is 0 Å². The summed E-state index contributed by atoms with van der Waals surface area (Å²) in [4.78, 5) is 14.0. The number of para-hydroxylation sites is 3. The molecule has 1 radical (unpaired) electrons. The summed E-state index contributed by atoms with van der Waals surface area (Å²) in [5.74, 6) is 0.787. The van der Waals surface area contributed by atoms with Crippen LogP contribution in [0, 0.1) is 12.3 Å². The van der Waals surface area contributed by atoms with Gasteiger partial charge in [-0.15, -0.1) is 35.9 Å². The van der Waals surface area contributed by atoms with Gasteiger partial charge in [-0.05, 0) is 47.2 Å². The van der Waals surface area contributed by atoms with Crippen LogP contribution in [0.25, 0.3) is 72.6 Å². The Bertz CT molecular complexity index is 2730. The molecular formula is C50H34IrN4O-2. The van der Waals surface area contributed by atoms with Gasteiger partial charge in [0.05, 0.1) is 22.5 Å². The number of hydrogen-bond acceptors (Lipinski definition) is 4. The van der Waals surface area contributed by atoms with Crippen LogP contribution in [-0.2, 0) is 26.5 Å². The summed E-state index contributed by atoms with van der Waals surface area (Å²) in [6, 6.07) is 65.1. The van der Waals surface area contributed by atoms with E-state index in [-0.39, 0.29) is 20.1 Å². The predicted octanol–water partition coefficient (Wildman–Crippen LogP) is 12.1. The van der Waals surface area contributed by atoms with E-state index in [0.717, 1.165) is 90.3 Å². The molecule has 5 nitrogen and oxygen atoms in total. The number of pyridine rings is 2.